The summed E-state index contributed by atoms with van der Waals surface area (Å²) in [5.41, 5.74) is 0.832. The molecule has 1 aromatic carbocycles. The van der Waals surface area contributed by atoms with Gasteiger partial charge in [-0.05, 0) is 12.1 Å². The van der Waals surface area contributed by atoms with Crippen LogP contribution in [0.2, 0.25) is 0 Å². The van der Waals surface area contributed by atoms with Gasteiger partial charge in [-0.25, -0.2) is 0 Å². The summed E-state index contributed by atoms with van der Waals surface area (Å²) in [5, 5.41) is 0. The van der Waals surface area contributed by atoms with Crippen LogP contribution in [0.15, 0.2) is 18.2 Å². The van der Waals surface area contributed by atoms with Crippen molar-refractivity contribution in [1.82, 2.24) is 0 Å². The molecule has 1 aliphatic heterocycles. The Balaban J connectivity index is 2.38. The van der Waals surface area contributed by atoms with Gasteiger partial charge in [0.25, 0.3) is 0 Å². The number of anilines is 1. The van der Waals surface area contributed by atoms with Crippen LogP contribution >= 0.6 is 11.6 Å². The van der Waals surface area contributed by atoms with Crippen LogP contribution in [0.3, 0.4) is 0 Å². The van der Waals surface area contributed by atoms with Crippen LogP contribution in [-0.2, 0) is 16.1 Å². The molecule has 1 aliphatic rings. The Morgan fingerprint density at radius 1 is 1.56 bits per heavy atom. The number of carbonyl (C=O) groups is 1. The number of hydrogen-bond acceptors (Lipinski definition) is 3. The van der Waals surface area contributed by atoms with Crippen LogP contribution in [0, 0.1) is 0 Å². The third kappa shape index (κ3) is 2.39. The fraction of sp³-hybridized carbons (Fsp3) is 0.364. The van der Waals surface area contributed by atoms with Gasteiger partial charge in [0.05, 0.1) is 12.3 Å². The first-order valence-electron chi connectivity index (χ1n) is 5.10. The van der Waals surface area contributed by atoms with Gasteiger partial charge in [-0.1, -0.05) is 6.07 Å². The van der Waals surface area contributed by atoms with Crippen molar-refractivity contribution >= 4 is 23.2 Å². The second kappa shape index (κ2) is 4.70. The van der Waals surface area contributed by atoms with Gasteiger partial charge in [-0.15, -0.1) is 20.4 Å². The fourth-order valence-corrected chi connectivity index (χ4v) is 1.83. The molecule has 0 atom stereocenters. The average Bonchev–Trinajstić information content (AvgIpc) is 2.34. The lowest BCUT2D eigenvalue weighted by atomic mass is 10.1. The van der Waals surface area contributed by atoms with Crippen LogP contribution in [0.4, 0.5) is 14.5 Å². The molecule has 2 rings (SSSR count). The summed E-state index contributed by atoms with van der Waals surface area (Å²) in [6.45, 7) is -0.335. The van der Waals surface area contributed by atoms with Crippen molar-refractivity contribution in [1.29, 1.82) is 0 Å². The molecule has 0 saturated carbocycles. The minimum atomic E-state index is -3.64. The maximum atomic E-state index is 12.9. The lowest BCUT2D eigenvalue weighted by Gasteiger charge is -2.28. The van der Waals surface area contributed by atoms with Crippen molar-refractivity contribution in [2.45, 2.75) is 12.9 Å². The first-order chi connectivity index (χ1) is 8.44. The number of halogens is 3. The molecule has 0 N–H and O–H groups in total. The minimum absolute atomic E-state index is 0.00188. The van der Waals surface area contributed by atoms with Gasteiger partial charge in [0, 0.05) is 12.6 Å². The fourth-order valence-electron chi connectivity index (χ4n) is 1.65. The Morgan fingerprint density at radius 2 is 2.28 bits per heavy atom. The van der Waals surface area contributed by atoms with E-state index in [2.05, 4.69) is 9.47 Å². The van der Waals surface area contributed by atoms with Crippen molar-refractivity contribution in [2.75, 3.05) is 17.8 Å². The van der Waals surface area contributed by atoms with Crippen molar-refractivity contribution in [3.05, 3.63) is 23.8 Å². The Kier molecular flexibility index (Phi) is 3.41. The predicted molar refractivity (Wildman–Crippen MR) is 60.9 cm³/mol. The van der Waals surface area contributed by atoms with E-state index in [1.54, 1.807) is 6.07 Å². The van der Waals surface area contributed by atoms with Gasteiger partial charge >= 0.3 is 6.29 Å². The molecule has 1 amide bonds. The first-order valence-corrected chi connectivity index (χ1v) is 5.63. The van der Waals surface area contributed by atoms with Crippen LogP contribution in [0.25, 0.3) is 0 Å². The van der Waals surface area contributed by atoms with Gasteiger partial charge in [-0.2, -0.15) is 0 Å². The van der Waals surface area contributed by atoms with Crippen molar-refractivity contribution in [3.63, 3.8) is 0 Å². The van der Waals surface area contributed by atoms with E-state index < -0.39 is 6.29 Å². The Labute approximate surface area is 107 Å². The number of ether oxygens (including phenoxy) is 2. The highest BCUT2D eigenvalue weighted by molar-refractivity contribution is 6.29. The second-order valence-electron chi connectivity index (χ2n) is 3.69. The number of nitrogens with zero attached hydrogens (tertiary/aromatic N) is 1. The average molecular weight is 278 g/mol. The minimum Gasteiger partial charge on any atom is -0.409 e. The molecule has 0 spiro atoms. The molecule has 0 radical (unpaired) electrons. The van der Waals surface area contributed by atoms with E-state index in [0.717, 1.165) is 0 Å². The number of hydrogen-bond donors (Lipinski definition) is 0. The summed E-state index contributed by atoms with van der Waals surface area (Å²) in [6, 6.07) is 4.53. The van der Waals surface area contributed by atoms with Crippen molar-refractivity contribution in [3.8, 4) is 5.75 Å². The van der Waals surface area contributed by atoms with Crippen LogP contribution in [0.5, 0.6) is 5.75 Å². The van der Waals surface area contributed by atoms with Crippen LogP contribution in [-0.4, -0.2) is 25.1 Å². The molecule has 0 aliphatic carbocycles. The number of amides is 1. The van der Waals surface area contributed by atoms with Gasteiger partial charge in [0.15, 0.2) is 0 Å². The number of rotatable bonds is 2. The van der Waals surface area contributed by atoms with E-state index in [0.29, 0.717) is 11.3 Å². The summed E-state index contributed by atoms with van der Waals surface area (Å²) >= 11 is 5.45. The quantitative estimate of drug-likeness (QED) is 0.779. The van der Waals surface area contributed by atoms with E-state index >= 15 is 0 Å². The molecule has 7 heteroatoms. The van der Waals surface area contributed by atoms with Crippen molar-refractivity contribution in [2.24, 2.45) is 0 Å². The molecule has 0 aromatic heterocycles. The lowest BCUT2D eigenvalue weighted by Crippen LogP contribution is -2.34. The molecule has 0 bridgehead atoms. The molecule has 98 valence electrons. The van der Waals surface area contributed by atoms with Gasteiger partial charge in [0.1, 0.15) is 11.6 Å². The molecule has 0 saturated heterocycles. The third-order valence-corrected chi connectivity index (χ3v) is 2.80. The summed E-state index contributed by atoms with van der Waals surface area (Å²) in [4.78, 5) is 12.8. The monoisotopic (exact) mass is 277 g/mol. The molecular weight excluding hydrogens is 268 g/mol. The maximum Gasteiger partial charge on any atom is 0.535 e. The van der Waals surface area contributed by atoms with E-state index in [-0.39, 0.29) is 24.1 Å². The number of alkyl halides is 3. The zero-order valence-electron chi connectivity index (χ0n) is 9.45. The second-order valence-corrected chi connectivity index (χ2v) is 3.96. The summed E-state index contributed by atoms with van der Waals surface area (Å²) < 4.78 is 34.5. The molecule has 0 fully saturated rings. The zero-order chi connectivity index (χ0) is 13.3. The van der Waals surface area contributed by atoms with Crippen LogP contribution in [0.1, 0.15) is 5.56 Å². The Morgan fingerprint density at radius 3 is 2.94 bits per heavy atom. The first kappa shape index (κ1) is 13.0. The summed E-state index contributed by atoms with van der Waals surface area (Å²) in [5.74, 6) is -0.543. The molecule has 1 aromatic rings. The van der Waals surface area contributed by atoms with E-state index in [1.165, 1.54) is 24.1 Å². The molecule has 1 heterocycles. The topological polar surface area (TPSA) is 38.8 Å². The van der Waals surface area contributed by atoms with Gasteiger partial charge < -0.3 is 9.64 Å². The third-order valence-electron chi connectivity index (χ3n) is 2.57. The van der Waals surface area contributed by atoms with Crippen LogP contribution < -0.4 is 9.64 Å². The van der Waals surface area contributed by atoms with E-state index in [9.17, 15) is 13.6 Å². The normalized spacial score (nSPS) is 16.7. The smallest absolute Gasteiger partial charge is 0.409 e. The zero-order valence-corrected chi connectivity index (χ0v) is 10.2. The highest BCUT2D eigenvalue weighted by atomic mass is 35.5. The SMILES string of the molecule is CN(C(=O)CCl)c1cccc2c1COC(F)(F)O2. The largest absolute Gasteiger partial charge is 0.535 e. The highest BCUT2D eigenvalue weighted by Crippen LogP contribution is 2.38. The number of fused-ring (bicyclic) bond motifs is 1. The predicted octanol–water partition coefficient (Wildman–Crippen LogP) is 2.35. The van der Waals surface area contributed by atoms with Gasteiger partial charge in [0.2, 0.25) is 5.91 Å². The summed E-state index contributed by atoms with van der Waals surface area (Å²) in [7, 11) is 1.51. The molecule has 0 unspecified atom stereocenters. The summed E-state index contributed by atoms with van der Waals surface area (Å²) in [6.07, 6.45) is -3.64. The highest BCUT2D eigenvalue weighted by Gasteiger charge is 2.39. The van der Waals surface area contributed by atoms with E-state index in [1.807, 2.05) is 0 Å². The Hall–Kier alpha value is -1.40. The van der Waals surface area contributed by atoms with Crippen molar-refractivity contribution < 1.29 is 23.0 Å². The number of carbonyl (C=O) groups excluding carboxylic acids is 1. The maximum absolute atomic E-state index is 12.9. The standard InChI is InChI=1S/C11H10ClF2NO3/c1-15(10(16)5-12)8-3-2-4-9-7(8)6-17-11(13,14)18-9/h2-4H,5-6H2,1H3. The Bertz CT molecular complexity index is 481. The van der Waals surface area contributed by atoms with Gasteiger partial charge in [-0.3, -0.25) is 9.53 Å². The molecular formula is C11H10ClF2NO3. The molecule has 4 nitrogen and oxygen atoms in total. The van der Waals surface area contributed by atoms with E-state index in [4.69, 9.17) is 11.6 Å². The number of benzene rings is 1. The lowest BCUT2D eigenvalue weighted by molar-refractivity contribution is -0.367. The molecule has 18 heavy (non-hydrogen) atoms.